The van der Waals surface area contributed by atoms with Crippen LogP contribution in [0.15, 0.2) is 48.5 Å². The molecule has 1 nitrogen and oxygen atoms in total. The van der Waals surface area contributed by atoms with Crippen molar-refractivity contribution in [3.05, 3.63) is 68.3 Å². The lowest BCUT2D eigenvalue weighted by Gasteiger charge is -2.13. The van der Waals surface area contributed by atoms with E-state index >= 15 is 0 Å². The molecule has 0 spiro atoms. The van der Waals surface area contributed by atoms with Crippen molar-refractivity contribution in [1.29, 1.82) is 0 Å². The number of nitrogens with two attached hydrogens (primary N) is 1. The molecule has 0 fully saturated rings. The van der Waals surface area contributed by atoms with E-state index in [1.54, 1.807) is 0 Å². The highest BCUT2D eigenvalue weighted by atomic mass is 127. The van der Waals surface area contributed by atoms with Crippen molar-refractivity contribution in [2.24, 2.45) is 5.73 Å². The van der Waals surface area contributed by atoms with E-state index in [-0.39, 0.29) is 6.04 Å². The second-order valence-electron chi connectivity index (χ2n) is 3.56. The summed E-state index contributed by atoms with van der Waals surface area (Å²) in [6.07, 6.45) is 0. The summed E-state index contributed by atoms with van der Waals surface area (Å²) in [6.45, 7) is 0. The van der Waals surface area contributed by atoms with Gasteiger partial charge in [0.25, 0.3) is 0 Å². The van der Waals surface area contributed by atoms with Crippen LogP contribution in [0.2, 0.25) is 5.02 Å². The van der Waals surface area contributed by atoms with Gasteiger partial charge in [0.15, 0.2) is 0 Å². The van der Waals surface area contributed by atoms with Gasteiger partial charge in [-0.05, 0) is 45.9 Å². The number of hydrogen-bond donors (Lipinski definition) is 1. The van der Waals surface area contributed by atoms with Gasteiger partial charge in [-0.2, -0.15) is 0 Å². The number of halogens is 2. The Kier molecular flexibility index (Phi) is 3.84. The Morgan fingerprint density at radius 3 is 2.31 bits per heavy atom. The third-order valence-electron chi connectivity index (χ3n) is 2.46. The molecule has 0 bridgehead atoms. The van der Waals surface area contributed by atoms with E-state index in [1.807, 2.05) is 48.5 Å². The van der Waals surface area contributed by atoms with Gasteiger partial charge in [-0.1, -0.05) is 48.0 Å². The first kappa shape index (κ1) is 11.9. The van der Waals surface area contributed by atoms with Crippen LogP contribution in [0.4, 0.5) is 0 Å². The Labute approximate surface area is 114 Å². The van der Waals surface area contributed by atoms with Crippen molar-refractivity contribution in [3.8, 4) is 0 Å². The van der Waals surface area contributed by atoms with Crippen LogP contribution >= 0.6 is 34.2 Å². The molecule has 3 heteroatoms. The Morgan fingerprint density at radius 2 is 1.69 bits per heavy atom. The second-order valence-corrected chi connectivity index (χ2v) is 5.13. The normalized spacial score (nSPS) is 12.4. The lowest BCUT2D eigenvalue weighted by atomic mass is 10.00. The summed E-state index contributed by atoms with van der Waals surface area (Å²) >= 11 is 8.29. The zero-order valence-electron chi connectivity index (χ0n) is 8.53. The molecule has 0 aromatic heterocycles. The molecule has 0 amide bonds. The molecule has 16 heavy (non-hydrogen) atoms. The van der Waals surface area contributed by atoms with Gasteiger partial charge < -0.3 is 5.73 Å². The molecular formula is C13H11ClIN. The monoisotopic (exact) mass is 343 g/mol. The van der Waals surface area contributed by atoms with Crippen molar-refractivity contribution in [2.45, 2.75) is 6.04 Å². The predicted molar refractivity (Wildman–Crippen MR) is 76.6 cm³/mol. The second kappa shape index (κ2) is 5.17. The van der Waals surface area contributed by atoms with E-state index in [4.69, 9.17) is 17.3 Å². The lowest BCUT2D eigenvalue weighted by Crippen LogP contribution is -2.11. The summed E-state index contributed by atoms with van der Waals surface area (Å²) in [5.74, 6) is 0. The van der Waals surface area contributed by atoms with Crippen LogP contribution in [0.25, 0.3) is 0 Å². The van der Waals surface area contributed by atoms with Gasteiger partial charge in [-0.25, -0.2) is 0 Å². The van der Waals surface area contributed by atoms with Crippen LogP contribution < -0.4 is 5.73 Å². The molecule has 0 aliphatic heterocycles. The zero-order chi connectivity index (χ0) is 11.5. The van der Waals surface area contributed by atoms with Crippen LogP contribution in [-0.2, 0) is 0 Å². The third kappa shape index (κ3) is 2.56. The molecule has 0 heterocycles. The van der Waals surface area contributed by atoms with Gasteiger partial charge in [0.05, 0.1) is 11.1 Å². The lowest BCUT2D eigenvalue weighted by molar-refractivity contribution is 0.871. The summed E-state index contributed by atoms with van der Waals surface area (Å²) in [4.78, 5) is 0. The van der Waals surface area contributed by atoms with Crippen molar-refractivity contribution < 1.29 is 0 Å². The van der Waals surface area contributed by atoms with Crippen LogP contribution in [-0.4, -0.2) is 0 Å². The maximum atomic E-state index is 6.17. The van der Waals surface area contributed by atoms with Crippen molar-refractivity contribution in [2.75, 3.05) is 0 Å². The Hall–Kier alpha value is -0.580. The van der Waals surface area contributed by atoms with E-state index in [9.17, 15) is 0 Å². The molecule has 2 N–H and O–H groups in total. The van der Waals surface area contributed by atoms with Gasteiger partial charge in [0.1, 0.15) is 0 Å². The molecule has 0 saturated heterocycles. The summed E-state index contributed by atoms with van der Waals surface area (Å²) < 4.78 is 1.04. The minimum atomic E-state index is -0.115. The molecule has 0 saturated carbocycles. The minimum absolute atomic E-state index is 0.115. The minimum Gasteiger partial charge on any atom is -0.320 e. The summed E-state index contributed by atoms with van der Waals surface area (Å²) in [5, 5.41) is 0.754. The first-order valence-electron chi connectivity index (χ1n) is 4.94. The summed E-state index contributed by atoms with van der Waals surface area (Å²) in [6, 6.07) is 15.8. The van der Waals surface area contributed by atoms with E-state index in [0.717, 1.165) is 19.7 Å². The van der Waals surface area contributed by atoms with Crippen LogP contribution in [0.3, 0.4) is 0 Å². The van der Waals surface area contributed by atoms with E-state index in [1.165, 1.54) is 0 Å². The fourth-order valence-electron chi connectivity index (χ4n) is 1.56. The van der Waals surface area contributed by atoms with Crippen molar-refractivity contribution >= 4 is 34.2 Å². The molecule has 82 valence electrons. The van der Waals surface area contributed by atoms with E-state index in [0.29, 0.717) is 0 Å². The highest BCUT2D eigenvalue weighted by molar-refractivity contribution is 14.1. The van der Waals surface area contributed by atoms with Crippen LogP contribution in [0.5, 0.6) is 0 Å². The maximum absolute atomic E-state index is 6.17. The Bertz CT molecular complexity index is 485. The molecule has 2 rings (SSSR count). The zero-order valence-corrected chi connectivity index (χ0v) is 11.4. The highest BCUT2D eigenvalue weighted by Gasteiger charge is 2.09. The van der Waals surface area contributed by atoms with Crippen LogP contribution in [0.1, 0.15) is 17.2 Å². The van der Waals surface area contributed by atoms with E-state index < -0.39 is 0 Å². The molecule has 2 aromatic carbocycles. The topological polar surface area (TPSA) is 26.0 Å². The summed E-state index contributed by atoms with van der Waals surface area (Å²) in [5.41, 5.74) is 8.31. The first-order chi connectivity index (χ1) is 7.68. The molecule has 1 atom stereocenters. The quantitative estimate of drug-likeness (QED) is 0.820. The molecule has 2 aromatic rings. The molecule has 0 radical (unpaired) electrons. The maximum Gasteiger partial charge on any atom is 0.0552 e. The predicted octanol–water partition coefficient (Wildman–Crippen LogP) is 3.99. The molecule has 1 unspecified atom stereocenters. The molecule has 0 aliphatic rings. The average Bonchev–Trinajstić information content (AvgIpc) is 2.33. The number of rotatable bonds is 2. The van der Waals surface area contributed by atoms with Gasteiger partial charge in [-0.15, -0.1) is 0 Å². The third-order valence-corrected chi connectivity index (χ3v) is 4.03. The Morgan fingerprint density at radius 1 is 1.00 bits per heavy atom. The van der Waals surface area contributed by atoms with Gasteiger partial charge in [0.2, 0.25) is 0 Å². The number of hydrogen-bond acceptors (Lipinski definition) is 1. The molecule has 0 aliphatic carbocycles. The van der Waals surface area contributed by atoms with Crippen molar-refractivity contribution in [3.63, 3.8) is 0 Å². The smallest absolute Gasteiger partial charge is 0.0552 e. The first-order valence-corrected chi connectivity index (χ1v) is 6.39. The fraction of sp³-hybridized carbons (Fsp3) is 0.0769. The molecular weight excluding hydrogens is 333 g/mol. The summed E-state index contributed by atoms with van der Waals surface area (Å²) in [7, 11) is 0. The fourth-order valence-corrected chi connectivity index (χ4v) is 2.08. The van der Waals surface area contributed by atoms with Gasteiger partial charge in [-0.3, -0.25) is 0 Å². The SMILES string of the molecule is NC(c1ccccc1)c1ccc(I)c(Cl)c1. The number of benzene rings is 2. The van der Waals surface area contributed by atoms with Gasteiger partial charge in [0, 0.05) is 3.57 Å². The van der Waals surface area contributed by atoms with Crippen molar-refractivity contribution in [1.82, 2.24) is 0 Å². The largest absolute Gasteiger partial charge is 0.320 e. The van der Waals surface area contributed by atoms with Gasteiger partial charge >= 0.3 is 0 Å². The standard InChI is InChI=1S/C13H11ClIN/c14-11-8-10(6-7-12(11)15)13(16)9-4-2-1-3-5-9/h1-8,13H,16H2. The van der Waals surface area contributed by atoms with Crippen LogP contribution in [0, 0.1) is 3.57 Å². The van der Waals surface area contributed by atoms with E-state index in [2.05, 4.69) is 22.6 Å². The Balaban J connectivity index is 2.34. The highest BCUT2D eigenvalue weighted by Crippen LogP contribution is 2.25. The average molecular weight is 344 g/mol.